The second-order valence-electron chi connectivity index (χ2n) is 5.80. The van der Waals surface area contributed by atoms with Gasteiger partial charge in [-0.25, -0.2) is 4.39 Å². The van der Waals surface area contributed by atoms with Gasteiger partial charge in [-0.05, 0) is 50.6 Å². The first-order valence-corrected chi connectivity index (χ1v) is 7.53. The van der Waals surface area contributed by atoms with Crippen LogP contribution in [0.2, 0.25) is 0 Å². The van der Waals surface area contributed by atoms with Crippen LogP contribution in [0.15, 0.2) is 18.2 Å². The normalized spacial score (nSPS) is 21.1. The van der Waals surface area contributed by atoms with Crippen LogP contribution in [-0.2, 0) is 0 Å². The predicted octanol–water partition coefficient (Wildman–Crippen LogP) is 2.77. The molecule has 0 spiro atoms. The lowest BCUT2D eigenvalue weighted by Crippen LogP contribution is -2.39. The maximum atomic E-state index is 14.2. The van der Waals surface area contributed by atoms with E-state index >= 15 is 0 Å². The van der Waals surface area contributed by atoms with Gasteiger partial charge in [-0.2, -0.15) is 0 Å². The second kappa shape index (κ2) is 6.55. The minimum atomic E-state index is -0.177. The zero-order valence-electron chi connectivity index (χ0n) is 12.8. The number of anilines is 1. The fourth-order valence-electron chi connectivity index (χ4n) is 3.05. The number of hydrogen-bond donors (Lipinski definition) is 1. The highest BCUT2D eigenvalue weighted by atomic mass is 19.1. The lowest BCUT2D eigenvalue weighted by molar-refractivity contribution is 0.270. The first-order chi connectivity index (χ1) is 9.52. The van der Waals surface area contributed by atoms with Crippen molar-refractivity contribution in [3.05, 3.63) is 29.6 Å². The summed E-state index contributed by atoms with van der Waals surface area (Å²) in [7, 11) is 1.97. The number of halogens is 1. The Morgan fingerprint density at radius 3 is 2.85 bits per heavy atom. The van der Waals surface area contributed by atoms with Gasteiger partial charge in [-0.1, -0.05) is 13.0 Å². The maximum Gasteiger partial charge on any atom is 0.146 e. The number of likely N-dealkylation sites (tertiary alicyclic amines) is 1. The van der Waals surface area contributed by atoms with Crippen molar-refractivity contribution in [3.8, 4) is 0 Å². The molecule has 2 unspecified atom stereocenters. The van der Waals surface area contributed by atoms with Crippen molar-refractivity contribution in [3.63, 3.8) is 0 Å². The molecule has 0 aliphatic carbocycles. The van der Waals surface area contributed by atoms with Gasteiger partial charge in [0, 0.05) is 25.7 Å². The summed E-state index contributed by atoms with van der Waals surface area (Å²) in [4.78, 5) is 4.50. The average molecular weight is 279 g/mol. The number of nitrogens with zero attached hydrogens (tertiary/aromatic N) is 2. The molecule has 20 heavy (non-hydrogen) atoms. The lowest BCUT2D eigenvalue weighted by atomic mass is 10.1. The van der Waals surface area contributed by atoms with Crippen molar-refractivity contribution in [2.45, 2.75) is 38.8 Å². The van der Waals surface area contributed by atoms with Gasteiger partial charge in [0.25, 0.3) is 0 Å². The molecule has 2 atom stereocenters. The molecule has 1 saturated heterocycles. The van der Waals surface area contributed by atoms with E-state index in [1.165, 1.54) is 19.4 Å². The molecule has 0 aromatic heterocycles. The molecule has 1 aromatic carbocycles. The van der Waals surface area contributed by atoms with Crippen molar-refractivity contribution >= 4 is 5.69 Å². The Kier molecular flexibility index (Phi) is 5.00. The molecule has 2 rings (SSSR count). The minimum Gasteiger partial charge on any atom is -0.371 e. The first kappa shape index (κ1) is 15.3. The number of likely N-dealkylation sites (N-methyl/N-ethyl adjacent to an activating group) is 2. The summed E-state index contributed by atoms with van der Waals surface area (Å²) in [5.74, 6) is -0.177. The van der Waals surface area contributed by atoms with Crippen LogP contribution in [-0.4, -0.2) is 37.6 Å². The van der Waals surface area contributed by atoms with Crippen LogP contribution in [0.1, 0.15) is 38.3 Å². The molecule has 3 nitrogen and oxygen atoms in total. The van der Waals surface area contributed by atoms with Crippen LogP contribution in [0.5, 0.6) is 0 Å². The Balaban J connectivity index is 2.07. The van der Waals surface area contributed by atoms with Gasteiger partial charge in [0.1, 0.15) is 5.82 Å². The molecule has 0 bridgehead atoms. The third-order valence-electron chi connectivity index (χ3n) is 4.30. The van der Waals surface area contributed by atoms with Crippen LogP contribution < -0.4 is 10.6 Å². The van der Waals surface area contributed by atoms with Gasteiger partial charge >= 0.3 is 0 Å². The second-order valence-corrected chi connectivity index (χ2v) is 5.80. The third-order valence-corrected chi connectivity index (χ3v) is 4.30. The Bertz CT molecular complexity index is 447. The molecular formula is C16H26FN3. The average Bonchev–Trinajstić information content (AvgIpc) is 2.85. The molecule has 1 aliphatic rings. The third kappa shape index (κ3) is 3.30. The summed E-state index contributed by atoms with van der Waals surface area (Å²) in [6, 6.07) is 5.74. The lowest BCUT2D eigenvalue weighted by Gasteiger charge is -2.29. The summed E-state index contributed by atoms with van der Waals surface area (Å²) >= 11 is 0. The van der Waals surface area contributed by atoms with Crippen LogP contribution in [0.3, 0.4) is 0 Å². The summed E-state index contributed by atoms with van der Waals surface area (Å²) < 4.78 is 14.2. The van der Waals surface area contributed by atoms with E-state index in [0.717, 1.165) is 18.7 Å². The largest absolute Gasteiger partial charge is 0.371 e. The molecule has 1 aliphatic heterocycles. The molecule has 1 aromatic rings. The van der Waals surface area contributed by atoms with Crippen LogP contribution in [0.25, 0.3) is 0 Å². The van der Waals surface area contributed by atoms with Crippen molar-refractivity contribution in [1.29, 1.82) is 0 Å². The van der Waals surface area contributed by atoms with Crippen molar-refractivity contribution in [2.75, 3.05) is 31.6 Å². The van der Waals surface area contributed by atoms with Gasteiger partial charge in [-0.15, -0.1) is 0 Å². The highest BCUT2D eigenvalue weighted by molar-refractivity contribution is 5.49. The quantitative estimate of drug-likeness (QED) is 0.899. The smallest absolute Gasteiger partial charge is 0.146 e. The van der Waals surface area contributed by atoms with Gasteiger partial charge in [0.15, 0.2) is 0 Å². The Labute approximate surface area is 121 Å². The number of benzene rings is 1. The van der Waals surface area contributed by atoms with E-state index < -0.39 is 0 Å². The minimum absolute atomic E-state index is 0.130. The zero-order valence-corrected chi connectivity index (χ0v) is 12.8. The van der Waals surface area contributed by atoms with E-state index in [9.17, 15) is 4.39 Å². The summed E-state index contributed by atoms with van der Waals surface area (Å²) in [6.07, 6.45) is 2.45. The standard InChI is InChI=1S/C16H26FN3/c1-4-20-9-5-6-14(20)11-19(3)16-8-7-13(12(2)18)10-15(16)17/h7-8,10,12,14H,4-6,9,11,18H2,1-3H3. The highest BCUT2D eigenvalue weighted by Crippen LogP contribution is 2.24. The van der Waals surface area contributed by atoms with Crippen LogP contribution in [0.4, 0.5) is 10.1 Å². The van der Waals surface area contributed by atoms with E-state index in [1.807, 2.05) is 31.0 Å². The Morgan fingerprint density at radius 1 is 1.50 bits per heavy atom. The maximum absolute atomic E-state index is 14.2. The predicted molar refractivity (Wildman–Crippen MR) is 82.5 cm³/mol. The van der Waals surface area contributed by atoms with Gasteiger partial charge in [0.2, 0.25) is 0 Å². The molecule has 0 saturated carbocycles. The van der Waals surface area contributed by atoms with E-state index in [0.29, 0.717) is 11.7 Å². The highest BCUT2D eigenvalue weighted by Gasteiger charge is 2.24. The topological polar surface area (TPSA) is 32.5 Å². The number of hydrogen-bond acceptors (Lipinski definition) is 3. The molecule has 1 heterocycles. The van der Waals surface area contributed by atoms with Crippen molar-refractivity contribution in [1.82, 2.24) is 4.90 Å². The molecule has 4 heteroatoms. The summed E-state index contributed by atoms with van der Waals surface area (Å²) in [6.45, 7) is 7.18. The molecule has 0 radical (unpaired) electrons. The van der Waals surface area contributed by atoms with Crippen molar-refractivity contribution < 1.29 is 4.39 Å². The fourth-order valence-corrected chi connectivity index (χ4v) is 3.05. The Morgan fingerprint density at radius 2 is 2.25 bits per heavy atom. The van der Waals surface area contributed by atoms with Gasteiger partial charge < -0.3 is 10.6 Å². The molecule has 112 valence electrons. The monoisotopic (exact) mass is 279 g/mol. The van der Waals surface area contributed by atoms with Crippen LogP contribution in [0, 0.1) is 5.82 Å². The van der Waals surface area contributed by atoms with Crippen molar-refractivity contribution in [2.24, 2.45) is 5.73 Å². The summed E-state index contributed by atoms with van der Waals surface area (Å²) in [5, 5.41) is 0. The molecule has 1 fully saturated rings. The number of nitrogens with two attached hydrogens (primary N) is 1. The van der Waals surface area contributed by atoms with E-state index in [4.69, 9.17) is 5.73 Å². The molecule has 0 amide bonds. The SMILES string of the molecule is CCN1CCCC1CN(C)c1ccc(C(C)N)cc1F. The van der Waals surface area contributed by atoms with E-state index in [2.05, 4.69) is 11.8 Å². The van der Waals surface area contributed by atoms with Gasteiger partial charge in [0.05, 0.1) is 5.69 Å². The molecular weight excluding hydrogens is 253 g/mol. The Hall–Kier alpha value is -1.13. The molecule has 2 N–H and O–H groups in total. The van der Waals surface area contributed by atoms with E-state index in [1.54, 1.807) is 6.07 Å². The summed E-state index contributed by atoms with van der Waals surface area (Å²) in [5.41, 5.74) is 7.30. The number of rotatable bonds is 5. The zero-order chi connectivity index (χ0) is 14.7. The van der Waals surface area contributed by atoms with Gasteiger partial charge in [-0.3, -0.25) is 4.90 Å². The van der Waals surface area contributed by atoms with E-state index in [-0.39, 0.29) is 11.9 Å². The fraction of sp³-hybridized carbons (Fsp3) is 0.625. The first-order valence-electron chi connectivity index (χ1n) is 7.53. The van der Waals surface area contributed by atoms with Crippen LogP contribution >= 0.6 is 0 Å².